The molecular weight excluding hydrogens is 312 g/mol. The van der Waals surface area contributed by atoms with Crippen LogP contribution in [0.5, 0.6) is 0 Å². The van der Waals surface area contributed by atoms with E-state index < -0.39 is 10.8 Å². The molecule has 1 fully saturated rings. The van der Waals surface area contributed by atoms with E-state index >= 15 is 0 Å². The van der Waals surface area contributed by atoms with Crippen LogP contribution in [0.15, 0.2) is 30.3 Å². The number of nitrogens with one attached hydrogen (secondary N) is 1. The smallest absolute Gasteiger partial charge is 0.317 e. The lowest BCUT2D eigenvalue weighted by molar-refractivity contribution is 0.0799. The van der Waals surface area contributed by atoms with Gasteiger partial charge in [-0.1, -0.05) is 30.3 Å². The Morgan fingerprint density at radius 3 is 2.61 bits per heavy atom. The van der Waals surface area contributed by atoms with Gasteiger partial charge < -0.3 is 15.3 Å². The Morgan fingerprint density at radius 1 is 1.35 bits per heavy atom. The summed E-state index contributed by atoms with van der Waals surface area (Å²) >= 11 is 0. The summed E-state index contributed by atoms with van der Waals surface area (Å²) < 4.78 is 12.0. The number of piperidine rings is 1. The largest absolute Gasteiger partial charge is 0.393 e. The van der Waals surface area contributed by atoms with Crippen molar-refractivity contribution in [2.24, 2.45) is 5.92 Å². The summed E-state index contributed by atoms with van der Waals surface area (Å²) in [6.45, 7) is 3.58. The second-order valence-corrected chi connectivity index (χ2v) is 7.65. The Bertz CT molecular complexity index is 514. The van der Waals surface area contributed by atoms with Gasteiger partial charge in [-0.3, -0.25) is 4.21 Å². The molecule has 0 bridgehead atoms. The summed E-state index contributed by atoms with van der Waals surface area (Å²) in [5, 5.41) is 12.4. The highest BCUT2D eigenvalue weighted by Gasteiger charge is 2.25. The summed E-state index contributed by atoms with van der Waals surface area (Å²) in [6, 6.07) is 9.64. The van der Waals surface area contributed by atoms with E-state index in [9.17, 15) is 14.1 Å². The van der Waals surface area contributed by atoms with Crippen molar-refractivity contribution in [1.82, 2.24) is 10.2 Å². The zero-order valence-corrected chi connectivity index (χ0v) is 14.4. The molecule has 128 valence electrons. The Kier molecular flexibility index (Phi) is 7.05. The van der Waals surface area contributed by atoms with Gasteiger partial charge in [0.2, 0.25) is 0 Å². The predicted octanol–water partition coefficient (Wildman–Crippen LogP) is 1.74. The molecule has 0 aromatic heterocycles. The van der Waals surface area contributed by atoms with Crippen LogP contribution in [0.2, 0.25) is 0 Å². The van der Waals surface area contributed by atoms with E-state index in [4.69, 9.17) is 0 Å². The summed E-state index contributed by atoms with van der Waals surface area (Å²) in [6.07, 6.45) is 1.37. The number of hydrogen-bond donors (Lipinski definition) is 2. The first kappa shape index (κ1) is 17.9. The number of aliphatic hydroxyl groups excluding tert-OH is 1. The van der Waals surface area contributed by atoms with Gasteiger partial charge in [0.05, 0.1) is 6.10 Å². The Labute approximate surface area is 140 Å². The number of urea groups is 1. The van der Waals surface area contributed by atoms with Crippen molar-refractivity contribution < 1.29 is 14.1 Å². The Hall–Kier alpha value is -1.40. The van der Waals surface area contributed by atoms with Crippen LogP contribution in [0, 0.1) is 5.92 Å². The molecule has 0 radical (unpaired) electrons. The van der Waals surface area contributed by atoms with Crippen molar-refractivity contribution in [2.45, 2.75) is 31.6 Å². The third-order valence-corrected chi connectivity index (χ3v) is 5.60. The van der Waals surface area contributed by atoms with E-state index in [0.29, 0.717) is 31.1 Å². The zero-order valence-electron chi connectivity index (χ0n) is 13.6. The van der Waals surface area contributed by atoms with Gasteiger partial charge in [0.15, 0.2) is 0 Å². The molecule has 5 nitrogen and oxygen atoms in total. The van der Waals surface area contributed by atoms with Gasteiger partial charge >= 0.3 is 6.03 Å². The van der Waals surface area contributed by atoms with Crippen LogP contribution in [-0.2, 0) is 16.6 Å². The molecule has 1 aromatic rings. The minimum Gasteiger partial charge on any atom is -0.393 e. The van der Waals surface area contributed by atoms with Crippen molar-refractivity contribution in [2.75, 3.05) is 25.4 Å². The molecule has 2 N–H and O–H groups in total. The van der Waals surface area contributed by atoms with Gasteiger partial charge in [-0.25, -0.2) is 4.79 Å². The normalized spacial score (nSPS) is 18.4. The molecule has 0 saturated carbocycles. The molecule has 0 aliphatic carbocycles. The zero-order chi connectivity index (χ0) is 16.7. The molecule has 1 saturated heterocycles. The lowest BCUT2D eigenvalue weighted by Crippen LogP contribution is -2.46. The van der Waals surface area contributed by atoms with Gasteiger partial charge in [0.25, 0.3) is 0 Å². The summed E-state index contributed by atoms with van der Waals surface area (Å²) in [4.78, 5) is 13.8. The quantitative estimate of drug-likeness (QED) is 0.830. The highest BCUT2D eigenvalue weighted by Crippen LogP contribution is 2.20. The third kappa shape index (κ3) is 5.95. The van der Waals surface area contributed by atoms with Gasteiger partial charge in [0.1, 0.15) is 0 Å². The van der Waals surface area contributed by atoms with Crippen LogP contribution in [0.3, 0.4) is 0 Å². The first-order valence-corrected chi connectivity index (χ1v) is 9.65. The van der Waals surface area contributed by atoms with Gasteiger partial charge in [0, 0.05) is 41.9 Å². The molecule has 2 amide bonds. The molecule has 1 aromatic carbocycles. The standard InChI is InChI=1S/C17H26N2O3S/c1-14(20)16-7-10-19(11-8-16)17(21)18-9-12-23(22)13-15-5-3-2-4-6-15/h2-6,14,16,20H,7-13H2,1H3,(H,18,21). The van der Waals surface area contributed by atoms with E-state index in [-0.39, 0.29) is 18.1 Å². The van der Waals surface area contributed by atoms with Gasteiger partial charge in [-0.05, 0) is 31.2 Å². The maximum absolute atomic E-state index is 12.1. The maximum atomic E-state index is 12.1. The minimum absolute atomic E-state index is 0.0919. The second kappa shape index (κ2) is 9.03. The van der Waals surface area contributed by atoms with Crippen LogP contribution in [0.25, 0.3) is 0 Å². The fraction of sp³-hybridized carbons (Fsp3) is 0.588. The summed E-state index contributed by atoms with van der Waals surface area (Å²) in [7, 11) is -0.971. The van der Waals surface area contributed by atoms with Crippen molar-refractivity contribution in [1.29, 1.82) is 0 Å². The number of hydrogen-bond acceptors (Lipinski definition) is 3. The average molecular weight is 338 g/mol. The lowest BCUT2D eigenvalue weighted by atomic mass is 9.92. The third-order valence-electron chi connectivity index (χ3n) is 4.29. The van der Waals surface area contributed by atoms with E-state index in [2.05, 4.69) is 5.32 Å². The highest BCUT2D eigenvalue weighted by atomic mass is 32.2. The Balaban J connectivity index is 1.64. The molecular formula is C17H26N2O3S. The van der Waals surface area contributed by atoms with E-state index in [1.165, 1.54) is 0 Å². The number of benzene rings is 1. The Morgan fingerprint density at radius 2 is 2.00 bits per heavy atom. The number of aliphatic hydroxyl groups is 1. The molecule has 1 aliphatic heterocycles. The van der Waals surface area contributed by atoms with E-state index in [1.807, 2.05) is 37.3 Å². The lowest BCUT2D eigenvalue weighted by Gasteiger charge is -2.33. The molecule has 2 rings (SSSR count). The van der Waals surface area contributed by atoms with Crippen LogP contribution in [0.1, 0.15) is 25.3 Å². The monoisotopic (exact) mass is 338 g/mol. The molecule has 23 heavy (non-hydrogen) atoms. The molecule has 6 heteroatoms. The van der Waals surface area contributed by atoms with Crippen molar-refractivity contribution >= 4 is 16.8 Å². The van der Waals surface area contributed by atoms with Crippen molar-refractivity contribution in [3.05, 3.63) is 35.9 Å². The van der Waals surface area contributed by atoms with Crippen LogP contribution >= 0.6 is 0 Å². The fourth-order valence-electron chi connectivity index (χ4n) is 2.80. The number of carbonyl (C=O) groups is 1. The van der Waals surface area contributed by atoms with Crippen LogP contribution in [-0.4, -0.2) is 51.7 Å². The fourth-order valence-corrected chi connectivity index (χ4v) is 3.84. The van der Waals surface area contributed by atoms with Gasteiger partial charge in [-0.15, -0.1) is 0 Å². The minimum atomic E-state index is -0.971. The van der Waals surface area contributed by atoms with Gasteiger partial charge in [-0.2, -0.15) is 0 Å². The molecule has 1 heterocycles. The summed E-state index contributed by atoms with van der Waals surface area (Å²) in [5.74, 6) is 1.28. The van der Waals surface area contributed by atoms with E-state index in [0.717, 1.165) is 18.4 Å². The molecule has 2 unspecified atom stereocenters. The topological polar surface area (TPSA) is 69.6 Å². The molecule has 1 aliphatic rings. The predicted molar refractivity (Wildman–Crippen MR) is 92.5 cm³/mol. The van der Waals surface area contributed by atoms with Crippen LogP contribution < -0.4 is 5.32 Å². The first-order chi connectivity index (χ1) is 11.1. The van der Waals surface area contributed by atoms with Crippen LogP contribution in [0.4, 0.5) is 4.79 Å². The van der Waals surface area contributed by atoms with Crippen molar-refractivity contribution in [3.8, 4) is 0 Å². The maximum Gasteiger partial charge on any atom is 0.317 e. The molecule has 2 atom stereocenters. The number of amides is 2. The number of carbonyl (C=O) groups excluding carboxylic acids is 1. The van der Waals surface area contributed by atoms with E-state index in [1.54, 1.807) is 4.90 Å². The van der Waals surface area contributed by atoms with Crippen molar-refractivity contribution in [3.63, 3.8) is 0 Å². The first-order valence-electron chi connectivity index (χ1n) is 8.16. The second-order valence-electron chi connectivity index (χ2n) is 6.07. The highest BCUT2D eigenvalue weighted by molar-refractivity contribution is 7.84. The number of nitrogens with zero attached hydrogens (tertiary/aromatic N) is 1. The number of likely N-dealkylation sites (tertiary alicyclic amines) is 1. The summed E-state index contributed by atoms with van der Waals surface area (Å²) in [5.41, 5.74) is 1.05. The SMILES string of the molecule is CC(O)C1CCN(C(=O)NCCS(=O)Cc2ccccc2)CC1. The molecule has 0 spiro atoms. The average Bonchev–Trinajstić information content (AvgIpc) is 2.55. The number of rotatable bonds is 6.